The van der Waals surface area contributed by atoms with Crippen LogP contribution in [0.4, 0.5) is 0 Å². The molecule has 0 amide bonds. The Balaban J connectivity index is 2.89. The van der Waals surface area contributed by atoms with E-state index in [-0.39, 0.29) is 6.04 Å². The van der Waals surface area contributed by atoms with E-state index < -0.39 is 0 Å². The van der Waals surface area contributed by atoms with Gasteiger partial charge in [-0.3, -0.25) is 4.98 Å². The molecule has 0 aliphatic heterocycles. The summed E-state index contributed by atoms with van der Waals surface area (Å²) in [5.41, 5.74) is 8.95. The van der Waals surface area contributed by atoms with Crippen molar-refractivity contribution in [3.05, 3.63) is 38.9 Å². The number of aromatic nitrogens is 1. The summed E-state index contributed by atoms with van der Waals surface area (Å²) in [5, 5.41) is 3.53. The Morgan fingerprint density at radius 1 is 1.67 bits per heavy atom. The number of pyridine rings is 1. The zero-order chi connectivity index (χ0) is 8.97. The first-order chi connectivity index (χ1) is 5.74. The lowest BCUT2D eigenvalue weighted by Crippen LogP contribution is -1.91. The van der Waals surface area contributed by atoms with Gasteiger partial charge in [0.1, 0.15) is 0 Å². The van der Waals surface area contributed by atoms with Crippen molar-refractivity contribution in [3.63, 3.8) is 0 Å². The second kappa shape index (κ2) is 4.09. The molecule has 1 rings (SSSR count). The molecule has 0 fully saturated rings. The fraction of sp³-hybridized carbons (Fsp3) is 0.286. The van der Waals surface area contributed by atoms with Crippen LogP contribution in [0.15, 0.2) is 27.9 Å². The van der Waals surface area contributed by atoms with Crippen molar-refractivity contribution in [1.82, 2.24) is 4.98 Å². The molecule has 0 aliphatic carbocycles. The summed E-state index contributed by atoms with van der Waals surface area (Å²) >= 11 is 3.27. The molecule has 1 aromatic rings. The summed E-state index contributed by atoms with van der Waals surface area (Å²) in [7, 11) is 0. The lowest BCUT2D eigenvalue weighted by atomic mass is 10.2. The molecule has 0 saturated heterocycles. The number of azide groups is 1. The van der Waals surface area contributed by atoms with Gasteiger partial charge >= 0.3 is 0 Å². The van der Waals surface area contributed by atoms with Gasteiger partial charge in [-0.05, 0) is 33.6 Å². The van der Waals surface area contributed by atoms with Crippen molar-refractivity contribution in [3.8, 4) is 0 Å². The van der Waals surface area contributed by atoms with Gasteiger partial charge in [-0.1, -0.05) is 12.0 Å². The van der Waals surface area contributed by atoms with E-state index in [4.69, 9.17) is 5.53 Å². The fourth-order valence-electron chi connectivity index (χ4n) is 0.771. The molecule has 12 heavy (non-hydrogen) atoms. The SMILES string of the molecule is CC(N=[N+]=[N-])c1ccc(Br)cn1. The summed E-state index contributed by atoms with van der Waals surface area (Å²) in [4.78, 5) is 6.79. The predicted octanol–water partition coefficient (Wildman–Crippen LogP) is 3.22. The maximum absolute atomic E-state index is 8.17. The first-order valence-corrected chi connectivity index (χ1v) is 4.19. The number of rotatable bonds is 2. The Hall–Kier alpha value is -1.06. The van der Waals surface area contributed by atoms with E-state index in [1.807, 2.05) is 12.1 Å². The minimum absolute atomic E-state index is 0.205. The minimum atomic E-state index is -0.205. The quantitative estimate of drug-likeness (QED) is 0.434. The van der Waals surface area contributed by atoms with Gasteiger partial charge in [-0.25, -0.2) is 0 Å². The Morgan fingerprint density at radius 3 is 2.92 bits per heavy atom. The second-order valence-corrected chi connectivity index (χ2v) is 3.20. The van der Waals surface area contributed by atoms with E-state index in [0.717, 1.165) is 10.2 Å². The molecule has 5 heteroatoms. The van der Waals surface area contributed by atoms with Crippen molar-refractivity contribution in [2.75, 3.05) is 0 Å². The summed E-state index contributed by atoms with van der Waals surface area (Å²) in [6.07, 6.45) is 1.68. The third-order valence-corrected chi connectivity index (χ3v) is 1.87. The molecule has 1 unspecified atom stereocenters. The van der Waals surface area contributed by atoms with Crippen LogP contribution in [0, 0.1) is 0 Å². The molecule has 0 aromatic carbocycles. The number of halogens is 1. The normalized spacial score (nSPS) is 11.8. The van der Waals surface area contributed by atoms with Crippen LogP contribution in [0.5, 0.6) is 0 Å². The van der Waals surface area contributed by atoms with Crippen LogP contribution >= 0.6 is 15.9 Å². The van der Waals surface area contributed by atoms with Crippen LogP contribution in [0.3, 0.4) is 0 Å². The highest BCUT2D eigenvalue weighted by Crippen LogP contribution is 2.16. The minimum Gasteiger partial charge on any atom is -0.260 e. The highest BCUT2D eigenvalue weighted by molar-refractivity contribution is 9.10. The number of hydrogen-bond donors (Lipinski definition) is 0. The highest BCUT2D eigenvalue weighted by atomic mass is 79.9. The average Bonchev–Trinajstić information content (AvgIpc) is 2.06. The molecule has 1 heterocycles. The van der Waals surface area contributed by atoms with E-state index in [1.54, 1.807) is 13.1 Å². The van der Waals surface area contributed by atoms with Crippen molar-refractivity contribution >= 4 is 15.9 Å². The second-order valence-electron chi connectivity index (χ2n) is 2.28. The molecule has 0 spiro atoms. The zero-order valence-electron chi connectivity index (χ0n) is 6.48. The van der Waals surface area contributed by atoms with E-state index in [9.17, 15) is 0 Å². The maximum atomic E-state index is 8.17. The molecule has 0 N–H and O–H groups in total. The van der Waals surface area contributed by atoms with Crippen molar-refractivity contribution < 1.29 is 0 Å². The summed E-state index contributed by atoms with van der Waals surface area (Å²) < 4.78 is 0.916. The Kier molecular flexibility index (Phi) is 3.08. The molecule has 0 saturated carbocycles. The van der Waals surface area contributed by atoms with Crippen LogP contribution in [-0.2, 0) is 0 Å². The summed E-state index contributed by atoms with van der Waals surface area (Å²) in [6.45, 7) is 1.80. The first-order valence-electron chi connectivity index (χ1n) is 3.39. The third kappa shape index (κ3) is 2.22. The number of nitrogens with zero attached hydrogens (tertiary/aromatic N) is 4. The fourth-order valence-corrected chi connectivity index (χ4v) is 1.01. The summed E-state index contributed by atoms with van der Waals surface area (Å²) in [5.74, 6) is 0. The molecule has 1 atom stereocenters. The summed E-state index contributed by atoms with van der Waals surface area (Å²) in [6, 6.07) is 3.48. The molecular formula is C7H7BrN4. The average molecular weight is 227 g/mol. The largest absolute Gasteiger partial charge is 0.260 e. The maximum Gasteiger partial charge on any atom is 0.0769 e. The lowest BCUT2D eigenvalue weighted by molar-refractivity contribution is 0.772. The Labute approximate surface area is 78.4 Å². The van der Waals surface area contributed by atoms with Gasteiger partial charge < -0.3 is 0 Å². The van der Waals surface area contributed by atoms with Gasteiger partial charge in [0.2, 0.25) is 0 Å². The van der Waals surface area contributed by atoms with Crippen molar-refractivity contribution in [2.45, 2.75) is 13.0 Å². The molecule has 62 valence electrons. The van der Waals surface area contributed by atoms with Gasteiger partial charge in [-0.2, -0.15) is 0 Å². The Morgan fingerprint density at radius 2 is 2.42 bits per heavy atom. The van der Waals surface area contributed by atoms with Gasteiger partial charge in [0.25, 0.3) is 0 Å². The van der Waals surface area contributed by atoms with Gasteiger partial charge in [0.05, 0.1) is 6.04 Å². The topological polar surface area (TPSA) is 61.7 Å². The van der Waals surface area contributed by atoms with E-state index in [2.05, 4.69) is 30.9 Å². The molecule has 0 bridgehead atoms. The first kappa shape index (κ1) is 9.03. The van der Waals surface area contributed by atoms with Crippen LogP contribution in [-0.4, -0.2) is 4.98 Å². The molecule has 4 nitrogen and oxygen atoms in total. The number of hydrogen-bond acceptors (Lipinski definition) is 2. The lowest BCUT2D eigenvalue weighted by Gasteiger charge is -2.01. The molecule has 0 aliphatic rings. The van der Waals surface area contributed by atoms with E-state index in [0.29, 0.717) is 0 Å². The molecule has 0 radical (unpaired) electrons. The van der Waals surface area contributed by atoms with Crippen LogP contribution < -0.4 is 0 Å². The smallest absolute Gasteiger partial charge is 0.0769 e. The standard InChI is InChI=1S/C7H7BrN4/c1-5(11-12-9)7-3-2-6(8)4-10-7/h2-5H,1H3. The van der Waals surface area contributed by atoms with E-state index >= 15 is 0 Å². The van der Waals surface area contributed by atoms with Crippen LogP contribution in [0.25, 0.3) is 10.4 Å². The molecule has 1 aromatic heterocycles. The van der Waals surface area contributed by atoms with E-state index in [1.165, 1.54) is 0 Å². The van der Waals surface area contributed by atoms with Gasteiger partial charge in [-0.15, -0.1) is 0 Å². The predicted molar refractivity (Wildman–Crippen MR) is 49.5 cm³/mol. The third-order valence-electron chi connectivity index (χ3n) is 1.40. The zero-order valence-corrected chi connectivity index (χ0v) is 8.06. The van der Waals surface area contributed by atoms with Crippen molar-refractivity contribution in [1.29, 1.82) is 0 Å². The molecular weight excluding hydrogens is 220 g/mol. The van der Waals surface area contributed by atoms with Gasteiger partial charge in [0, 0.05) is 21.3 Å². The Bertz CT molecular complexity index is 302. The van der Waals surface area contributed by atoms with Crippen molar-refractivity contribution in [2.24, 2.45) is 5.11 Å². The van der Waals surface area contributed by atoms with Gasteiger partial charge in [0.15, 0.2) is 0 Å². The van der Waals surface area contributed by atoms with Crippen LogP contribution in [0.2, 0.25) is 0 Å². The van der Waals surface area contributed by atoms with Crippen LogP contribution in [0.1, 0.15) is 18.7 Å². The highest BCUT2D eigenvalue weighted by Gasteiger charge is 2.02. The monoisotopic (exact) mass is 226 g/mol.